The molecule has 1 saturated heterocycles. The second kappa shape index (κ2) is 13.6. The molecule has 1 aliphatic carbocycles. The number of allylic oxidation sites excluding steroid dienone is 2. The molecular formula is C21H40N2O. The molecule has 1 atom stereocenters. The van der Waals surface area contributed by atoms with Crippen LogP contribution in [0.1, 0.15) is 59.8 Å². The van der Waals surface area contributed by atoms with Crippen LogP contribution in [0, 0.1) is 5.92 Å². The Kier molecular flexibility index (Phi) is 12.2. The molecule has 1 N–H and O–H groups in total. The number of hydrogen-bond donors (Lipinski definition) is 1. The molecule has 1 aliphatic heterocycles. The zero-order valence-electron chi connectivity index (χ0n) is 16.5. The van der Waals surface area contributed by atoms with Crippen LogP contribution in [0.5, 0.6) is 0 Å². The molecule has 0 aromatic heterocycles. The van der Waals surface area contributed by atoms with Gasteiger partial charge in [0, 0.05) is 32.3 Å². The fraction of sp³-hybridized carbons (Fsp3) is 0.810. The van der Waals surface area contributed by atoms with Crippen LogP contribution < -0.4 is 5.32 Å². The first-order valence-electron chi connectivity index (χ1n) is 10.2. The van der Waals surface area contributed by atoms with Crippen molar-refractivity contribution in [3.63, 3.8) is 0 Å². The van der Waals surface area contributed by atoms with Gasteiger partial charge in [-0.25, -0.2) is 0 Å². The van der Waals surface area contributed by atoms with Crippen molar-refractivity contribution in [2.75, 3.05) is 39.4 Å². The Morgan fingerprint density at radius 2 is 2.08 bits per heavy atom. The van der Waals surface area contributed by atoms with E-state index in [0.717, 1.165) is 51.6 Å². The summed E-state index contributed by atoms with van der Waals surface area (Å²) in [5.41, 5.74) is 1.45. The van der Waals surface area contributed by atoms with Crippen LogP contribution in [0.4, 0.5) is 0 Å². The van der Waals surface area contributed by atoms with Gasteiger partial charge in [0.1, 0.15) is 0 Å². The van der Waals surface area contributed by atoms with E-state index in [-0.39, 0.29) is 0 Å². The van der Waals surface area contributed by atoms with Gasteiger partial charge in [-0.05, 0) is 63.6 Å². The standard InChI is InChI=1S/C19H34N2O.C2H6/c1-3-6-17(7-4-2)14-21-12-5-11-20-19(15-21)10-13-22-16-18-8-9-18;1-2/h3,6-7,18-20H,4-5,8-16H2,1-2H3;1-2H3/b6-3-,17-7+;. The van der Waals surface area contributed by atoms with Gasteiger partial charge in [-0.3, -0.25) is 4.90 Å². The monoisotopic (exact) mass is 336 g/mol. The second-order valence-corrected chi connectivity index (χ2v) is 6.73. The third kappa shape index (κ3) is 9.61. The van der Waals surface area contributed by atoms with Crippen molar-refractivity contribution in [2.45, 2.75) is 65.8 Å². The average molecular weight is 337 g/mol. The van der Waals surface area contributed by atoms with Crippen molar-refractivity contribution in [2.24, 2.45) is 5.92 Å². The maximum Gasteiger partial charge on any atom is 0.0494 e. The van der Waals surface area contributed by atoms with E-state index in [9.17, 15) is 0 Å². The summed E-state index contributed by atoms with van der Waals surface area (Å²) in [6, 6.07) is 0.579. The van der Waals surface area contributed by atoms with Gasteiger partial charge in [0.25, 0.3) is 0 Å². The van der Waals surface area contributed by atoms with Gasteiger partial charge < -0.3 is 10.1 Å². The van der Waals surface area contributed by atoms with Crippen molar-refractivity contribution >= 4 is 0 Å². The molecule has 1 heterocycles. The number of nitrogens with one attached hydrogen (secondary N) is 1. The summed E-state index contributed by atoms with van der Waals surface area (Å²) in [5, 5.41) is 3.69. The molecule has 3 nitrogen and oxygen atoms in total. The maximum absolute atomic E-state index is 5.81. The molecule has 0 spiro atoms. The normalized spacial score (nSPS) is 23.0. The lowest BCUT2D eigenvalue weighted by atomic mass is 10.1. The Hall–Kier alpha value is -0.640. The van der Waals surface area contributed by atoms with E-state index in [0.29, 0.717) is 6.04 Å². The number of nitrogens with zero attached hydrogens (tertiary/aromatic N) is 1. The highest BCUT2D eigenvalue weighted by molar-refractivity contribution is 5.19. The highest BCUT2D eigenvalue weighted by Gasteiger charge is 2.22. The minimum atomic E-state index is 0.579. The summed E-state index contributed by atoms with van der Waals surface area (Å²) >= 11 is 0. The summed E-state index contributed by atoms with van der Waals surface area (Å²) in [6.45, 7) is 14.8. The van der Waals surface area contributed by atoms with Gasteiger partial charge in [0.2, 0.25) is 0 Å². The highest BCUT2D eigenvalue weighted by Crippen LogP contribution is 2.28. The van der Waals surface area contributed by atoms with Crippen LogP contribution in [0.25, 0.3) is 0 Å². The quantitative estimate of drug-likeness (QED) is 0.499. The van der Waals surface area contributed by atoms with Crippen molar-refractivity contribution in [1.29, 1.82) is 0 Å². The lowest BCUT2D eigenvalue weighted by Gasteiger charge is -2.25. The molecule has 24 heavy (non-hydrogen) atoms. The summed E-state index contributed by atoms with van der Waals surface area (Å²) in [4.78, 5) is 2.60. The summed E-state index contributed by atoms with van der Waals surface area (Å²) in [5.74, 6) is 0.876. The second-order valence-electron chi connectivity index (χ2n) is 6.73. The van der Waals surface area contributed by atoms with Gasteiger partial charge in [0.05, 0.1) is 0 Å². The lowest BCUT2D eigenvalue weighted by molar-refractivity contribution is 0.112. The molecule has 2 fully saturated rings. The highest BCUT2D eigenvalue weighted by atomic mass is 16.5. The van der Waals surface area contributed by atoms with Crippen LogP contribution in [-0.4, -0.2) is 50.3 Å². The van der Waals surface area contributed by atoms with Gasteiger partial charge in [-0.15, -0.1) is 0 Å². The number of hydrogen-bond acceptors (Lipinski definition) is 3. The van der Waals surface area contributed by atoms with Gasteiger partial charge in [0.15, 0.2) is 0 Å². The van der Waals surface area contributed by atoms with Crippen LogP contribution >= 0.6 is 0 Å². The molecule has 0 aromatic rings. The molecule has 2 rings (SSSR count). The molecular weight excluding hydrogens is 296 g/mol. The molecule has 1 saturated carbocycles. The molecule has 2 aliphatic rings. The Bertz CT molecular complexity index is 361. The van der Waals surface area contributed by atoms with Gasteiger partial charge >= 0.3 is 0 Å². The molecule has 0 amide bonds. The minimum absolute atomic E-state index is 0.579. The first kappa shape index (κ1) is 21.4. The van der Waals surface area contributed by atoms with Crippen LogP contribution in [0.3, 0.4) is 0 Å². The third-order valence-corrected chi connectivity index (χ3v) is 4.48. The zero-order valence-corrected chi connectivity index (χ0v) is 16.5. The SMILES string of the molecule is C/C=C\C(=C/CC)CN1CCCNC(CCOCC2CC2)C1.CC. The minimum Gasteiger partial charge on any atom is -0.381 e. The maximum atomic E-state index is 5.81. The van der Waals surface area contributed by atoms with Crippen molar-refractivity contribution < 1.29 is 4.74 Å². The predicted octanol–water partition coefficient (Wildman–Crippen LogP) is 4.41. The number of ether oxygens (including phenoxy) is 1. The van der Waals surface area contributed by atoms with E-state index in [4.69, 9.17) is 4.74 Å². The van der Waals surface area contributed by atoms with E-state index in [2.05, 4.69) is 42.3 Å². The molecule has 1 unspecified atom stereocenters. The van der Waals surface area contributed by atoms with E-state index >= 15 is 0 Å². The van der Waals surface area contributed by atoms with E-state index < -0.39 is 0 Å². The summed E-state index contributed by atoms with van der Waals surface area (Å²) < 4.78 is 5.81. The van der Waals surface area contributed by atoms with E-state index in [1.807, 2.05) is 13.8 Å². The first-order chi connectivity index (χ1) is 11.8. The summed E-state index contributed by atoms with van der Waals surface area (Å²) in [6.07, 6.45) is 13.0. The lowest BCUT2D eigenvalue weighted by Crippen LogP contribution is -2.39. The van der Waals surface area contributed by atoms with Crippen molar-refractivity contribution in [3.8, 4) is 0 Å². The Morgan fingerprint density at radius 1 is 1.29 bits per heavy atom. The Balaban J connectivity index is 0.00000139. The predicted molar refractivity (Wildman–Crippen MR) is 106 cm³/mol. The fourth-order valence-electron chi connectivity index (χ4n) is 3.09. The first-order valence-corrected chi connectivity index (χ1v) is 10.2. The molecule has 0 bridgehead atoms. The Morgan fingerprint density at radius 3 is 2.75 bits per heavy atom. The third-order valence-electron chi connectivity index (χ3n) is 4.48. The van der Waals surface area contributed by atoms with Gasteiger partial charge in [-0.2, -0.15) is 0 Å². The molecule has 0 radical (unpaired) electrons. The topological polar surface area (TPSA) is 24.5 Å². The fourth-order valence-corrected chi connectivity index (χ4v) is 3.09. The smallest absolute Gasteiger partial charge is 0.0494 e. The Labute approximate surface area is 150 Å². The van der Waals surface area contributed by atoms with E-state index in [1.165, 1.54) is 31.4 Å². The van der Waals surface area contributed by atoms with Crippen LogP contribution in [0.2, 0.25) is 0 Å². The zero-order chi connectivity index (χ0) is 17.6. The molecule has 3 heteroatoms. The van der Waals surface area contributed by atoms with Crippen molar-refractivity contribution in [1.82, 2.24) is 10.2 Å². The van der Waals surface area contributed by atoms with Crippen LogP contribution in [0.15, 0.2) is 23.8 Å². The van der Waals surface area contributed by atoms with Crippen LogP contribution in [-0.2, 0) is 4.74 Å². The average Bonchev–Trinajstić information content (AvgIpc) is 3.42. The van der Waals surface area contributed by atoms with Gasteiger partial charge in [-0.1, -0.05) is 39.0 Å². The molecule has 0 aromatic carbocycles. The molecule has 140 valence electrons. The largest absolute Gasteiger partial charge is 0.381 e. The summed E-state index contributed by atoms with van der Waals surface area (Å²) in [7, 11) is 0. The van der Waals surface area contributed by atoms with E-state index in [1.54, 1.807) is 0 Å². The van der Waals surface area contributed by atoms with Crippen molar-refractivity contribution in [3.05, 3.63) is 23.8 Å². The number of rotatable bonds is 9.